The minimum absolute atomic E-state index is 0.0604. The fourth-order valence-corrected chi connectivity index (χ4v) is 4.82. The molecule has 0 bridgehead atoms. The van der Waals surface area contributed by atoms with Crippen LogP contribution < -0.4 is 4.74 Å². The molecule has 3 heterocycles. The maximum absolute atomic E-state index is 13.8. The maximum Gasteiger partial charge on any atom is 0.150 e. The van der Waals surface area contributed by atoms with Crippen LogP contribution in [-0.4, -0.2) is 32.8 Å². The zero-order valence-electron chi connectivity index (χ0n) is 18.4. The lowest BCUT2D eigenvalue weighted by molar-refractivity contribution is -0.162. The molecule has 0 amide bonds. The molecule has 7 heteroatoms. The van der Waals surface area contributed by atoms with Gasteiger partial charge in [0.2, 0.25) is 0 Å². The lowest BCUT2D eigenvalue weighted by atomic mass is 9.79. The Morgan fingerprint density at radius 3 is 2.52 bits per heavy atom. The molecule has 1 aromatic carbocycles. The van der Waals surface area contributed by atoms with Crippen molar-refractivity contribution in [2.45, 2.75) is 57.7 Å². The number of pyridine rings is 1. The summed E-state index contributed by atoms with van der Waals surface area (Å²) >= 11 is 6.09. The molecule has 2 aromatic heterocycles. The molecule has 0 atom stereocenters. The number of rotatable bonds is 4. The number of aromatic nitrogens is 3. The minimum Gasteiger partial charge on any atom is -0.496 e. The summed E-state index contributed by atoms with van der Waals surface area (Å²) in [6, 6.07) is 6.46. The SMILES string of the molecule is COc1ccncc1-c1nc(C2CC(C)(C)OC(C)(C)C2)cn1-c1ccc(F)c(Cl)c1. The molecule has 3 aromatic rings. The van der Waals surface area contributed by atoms with E-state index in [1.807, 2.05) is 10.8 Å². The highest BCUT2D eigenvalue weighted by Crippen LogP contribution is 2.44. The number of methoxy groups -OCH3 is 1. The van der Waals surface area contributed by atoms with Crippen molar-refractivity contribution < 1.29 is 13.9 Å². The molecular weight excluding hydrogens is 417 g/mol. The Kier molecular flexibility index (Phi) is 5.56. The van der Waals surface area contributed by atoms with Gasteiger partial charge in [-0.15, -0.1) is 0 Å². The quantitative estimate of drug-likeness (QED) is 0.482. The summed E-state index contributed by atoms with van der Waals surface area (Å²) < 4.78 is 27.6. The van der Waals surface area contributed by atoms with Crippen LogP contribution in [0.25, 0.3) is 17.1 Å². The Bertz CT molecular complexity index is 1090. The van der Waals surface area contributed by atoms with Crippen molar-refractivity contribution in [3.8, 4) is 22.8 Å². The van der Waals surface area contributed by atoms with E-state index >= 15 is 0 Å². The lowest BCUT2D eigenvalue weighted by Crippen LogP contribution is -2.44. The van der Waals surface area contributed by atoms with E-state index in [1.165, 1.54) is 6.07 Å². The van der Waals surface area contributed by atoms with Gasteiger partial charge in [0.15, 0.2) is 0 Å². The summed E-state index contributed by atoms with van der Waals surface area (Å²) in [4.78, 5) is 9.29. The Morgan fingerprint density at radius 1 is 1.16 bits per heavy atom. The molecular formula is C24H27ClFN3O2. The monoisotopic (exact) mass is 443 g/mol. The van der Waals surface area contributed by atoms with Crippen LogP contribution in [0.5, 0.6) is 5.75 Å². The molecule has 5 nitrogen and oxygen atoms in total. The van der Waals surface area contributed by atoms with Crippen molar-refractivity contribution in [3.63, 3.8) is 0 Å². The van der Waals surface area contributed by atoms with E-state index < -0.39 is 5.82 Å². The first-order valence-electron chi connectivity index (χ1n) is 10.3. The molecule has 1 aliphatic heterocycles. The molecule has 0 aliphatic carbocycles. The zero-order valence-corrected chi connectivity index (χ0v) is 19.2. The maximum atomic E-state index is 13.8. The van der Waals surface area contributed by atoms with E-state index in [2.05, 4.69) is 32.7 Å². The largest absolute Gasteiger partial charge is 0.496 e. The second-order valence-electron chi connectivity index (χ2n) is 9.26. The van der Waals surface area contributed by atoms with E-state index in [-0.39, 0.29) is 22.1 Å². The smallest absolute Gasteiger partial charge is 0.150 e. The van der Waals surface area contributed by atoms with Crippen LogP contribution in [-0.2, 0) is 4.74 Å². The summed E-state index contributed by atoms with van der Waals surface area (Å²) in [5.74, 6) is 1.08. The van der Waals surface area contributed by atoms with Crippen LogP contribution in [0.15, 0.2) is 42.9 Å². The van der Waals surface area contributed by atoms with Gasteiger partial charge in [0.1, 0.15) is 17.4 Å². The van der Waals surface area contributed by atoms with Crippen molar-refractivity contribution in [1.29, 1.82) is 0 Å². The Labute approximate surface area is 187 Å². The first-order chi connectivity index (χ1) is 14.6. The van der Waals surface area contributed by atoms with Gasteiger partial charge in [-0.2, -0.15) is 0 Å². The molecule has 0 unspecified atom stereocenters. The van der Waals surface area contributed by atoms with Gasteiger partial charge in [-0.1, -0.05) is 11.6 Å². The van der Waals surface area contributed by atoms with Crippen LogP contribution in [0.1, 0.15) is 52.1 Å². The molecule has 0 radical (unpaired) electrons. The number of nitrogens with zero attached hydrogens (tertiary/aromatic N) is 3. The standard InChI is InChI=1S/C24H27ClFN3O2/c1-23(2)11-15(12-24(3,4)31-23)20-14-29(16-6-7-19(26)18(25)10-16)22(28-20)17-13-27-9-8-21(17)30-5/h6-10,13-15H,11-12H2,1-5H3. The summed E-state index contributed by atoms with van der Waals surface area (Å²) in [6.07, 6.45) is 7.11. The Balaban J connectivity index is 1.87. The van der Waals surface area contributed by atoms with Gasteiger partial charge in [-0.25, -0.2) is 9.37 Å². The molecule has 0 spiro atoms. The second-order valence-corrected chi connectivity index (χ2v) is 9.67. The molecule has 0 N–H and O–H groups in total. The molecule has 31 heavy (non-hydrogen) atoms. The highest BCUT2D eigenvalue weighted by atomic mass is 35.5. The third kappa shape index (κ3) is 4.46. The third-order valence-electron chi connectivity index (χ3n) is 5.59. The lowest BCUT2D eigenvalue weighted by Gasteiger charge is -2.45. The molecule has 1 saturated heterocycles. The molecule has 1 fully saturated rings. The predicted molar refractivity (Wildman–Crippen MR) is 120 cm³/mol. The minimum atomic E-state index is -0.459. The third-order valence-corrected chi connectivity index (χ3v) is 5.88. The highest BCUT2D eigenvalue weighted by Gasteiger charge is 2.41. The van der Waals surface area contributed by atoms with Gasteiger partial charge >= 0.3 is 0 Å². The van der Waals surface area contributed by atoms with Crippen LogP contribution in [0.4, 0.5) is 4.39 Å². The average Bonchev–Trinajstić information content (AvgIpc) is 3.13. The van der Waals surface area contributed by atoms with Gasteiger partial charge in [0.05, 0.1) is 34.6 Å². The summed E-state index contributed by atoms with van der Waals surface area (Å²) in [6.45, 7) is 8.46. The van der Waals surface area contributed by atoms with Crippen LogP contribution in [0.3, 0.4) is 0 Å². The van der Waals surface area contributed by atoms with E-state index in [0.29, 0.717) is 11.6 Å². The number of benzene rings is 1. The summed E-state index contributed by atoms with van der Waals surface area (Å²) in [5.41, 5.74) is 1.90. The molecule has 0 saturated carbocycles. The van der Waals surface area contributed by atoms with Crippen molar-refractivity contribution >= 4 is 11.6 Å². The van der Waals surface area contributed by atoms with E-state index in [4.69, 9.17) is 26.1 Å². The van der Waals surface area contributed by atoms with Gasteiger partial charge < -0.3 is 9.47 Å². The van der Waals surface area contributed by atoms with Crippen molar-refractivity contribution in [3.05, 3.63) is 59.4 Å². The van der Waals surface area contributed by atoms with Gasteiger partial charge in [0.25, 0.3) is 0 Å². The fourth-order valence-electron chi connectivity index (χ4n) is 4.64. The number of imidazole rings is 1. The Hall–Kier alpha value is -2.44. The van der Waals surface area contributed by atoms with Gasteiger partial charge in [-0.3, -0.25) is 9.55 Å². The highest BCUT2D eigenvalue weighted by molar-refractivity contribution is 6.30. The Morgan fingerprint density at radius 2 is 1.87 bits per heavy atom. The van der Waals surface area contributed by atoms with Crippen LogP contribution in [0.2, 0.25) is 5.02 Å². The van der Waals surface area contributed by atoms with Crippen LogP contribution in [0, 0.1) is 5.82 Å². The van der Waals surface area contributed by atoms with Crippen LogP contribution >= 0.6 is 11.6 Å². The van der Waals surface area contributed by atoms with E-state index in [9.17, 15) is 4.39 Å². The molecule has 1 aliphatic rings. The fraction of sp³-hybridized carbons (Fsp3) is 0.417. The van der Waals surface area contributed by atoms with E-state index in [1.54, 1.807) is 37.7 Å². The zero-order chi connectivity index (χ0) is 22.4. The van der Waals surface area contributed by atoms with Crippen molar-refractivity contribution in [2.24, 2.45) is 0 Å². The summed E-state index contributed by atoms with van der Waals surface area (Å²) in [5, 5.41) is 0.0604. The molecule has 4 rings (SSSR count). The normalized spacial score (nSPS) is 18.2. The van der Waals surface area contributed by atoms with E-state index in [0.717, 1.165) is 29.8 Å². The van der Waals surface area contributed by atoms with Crippen molar-refractivity contribution in [2.75, 3.05) is 7.11 Å². The second kappa shape index (κ2) is 7.92. The number of halogens is 2. The first kappa shape index (κ1) is 21.8. The number of ether oxygens (including phenoxy) is 2. The van der Waals surface area contributed by atoms with Gasteiger partial charge in [-0.05, 0) is 64.8 Å². The topological polar surface area (TPSA) is 49.2 Å². The predicted octanol–water partition coefficient (Wildman–Crippen LogP) is 6.19. The number of hydrogen-bond donors (Lipinski definition) is 0. The van der Waals surface area contributed by atoms with Crippen molar-refractivity contribution in [1.82, 2.24) is 14.5 Å². The summed E-state index contributed by atoms with van der Waals surface area (Å²) in [7, 11) is 1.62. The molecule has 164 valence electrons. The first-order valence-corrected chi connectivity index (χ1v) is 10.7. The van der Waals surface area contributed by atoms with Gasteiger partial charge in [0, 0.05) is 30.2 Å². The average molecular weight is 444 g/mol. The number of hydrogen-bond acceptors (Lipinski definition) is 4.